The first-order chi connectivity index (χ1) is 22.7. The normalized spacial score (nSPS) is 13.6. The predicted octanol–water partition coefficient (Wildman–Crippen LogP) is 5.99. The average molecular weight is 675 g/mol. The van der Waals surface area contributed by atoms with Gasteiger partial charge >= 0.3 is 5.97 Å². The molecule has 0 spiro atoms. The molecular weight excluding hydrogens is 625 g/mol. The summed E-state index contributed by atoms with van der Waals surface area (Å²) in [7, 11) is -1.53. The first-order valence-corrected chi connectivity index (χ1v) is 20.7. The standard InChI is InChI=1S/C37H50N2O6Si2/c1-37(2,36(44-46-3)45-47-4)31(25-39(23-13-7-12-18-34(41)42)24-27-14-8-5-9-15-27)29-19-21-32(35-30(29)20-22-33(40)38-35)43-26-28-16-10-6-11-17-28/h5-6,8-11,14-17,19-22,31,36H,7,12-13,18,23-26,46-47H2,1-4H3,(H,38,40)(H,41,42)/t31-/m1/s1. The van der Waals surface area contributed by atoms with Crippen LogP contribution in [0.5, 0.6) is 5.75 Å². The van der Waals surface area contributed by atoms with Crippen LogP contribution in [0.2, 0.25) is 13.1 Å². The minimum Gasteiger partial charge on any atom is -0.487 e. The molecule has 4 aromatic rings. The SMILES string of the molecule is C[SiH2]OC(O[SiH2]C)C(C)(C)[C@H](CN(CCCCCC(=O)O)Cc1ccccc1)c1ccc(OCc2ccccc2)c2[nH]c(=O)ccc12. The van der Waals surface area contributed by atoms with Crippen molar-refractivity contribution in [2.45, 2.75) is 78.0 Å². The summed E-state index contributed by atoms with van der Waals surface area (Å²) in [6.07, 6.45) is 2.25. The van der Waals surface area contributed by atoms with E-state index in [4.69, 9.17) is 18.7 Å². The molecule has 1 atom stereocenters. The second-order valence-corrected chi connectivity index (χ2v) is 14.4. The van der Waals surface area contributed by atoms with Crippen molar-refractivity contribution in [3.8, 4) is 5.75 Å². The van der Waals surface area contributed by atoms with Gasteiger partial charge in [0.2, 0.25) is 5.56 Å². The quantitative estimate of drug-likeness (QED) is 0.0675. The second kappa shape index (κ2) is 18.1. The van der Waals surface area contributed by atoms with Gasteiger partial charge in [-0.15, -0.1) is 0 Å². The van der Waals surface area contributed by atoms with Gasteiger partial charge in [-0.1, -0.05) is 100 Å². The van der Waals surface area contributed by atoms with Crippen molar-refractivity contribution in [2.24, 2.45) is 5.41 Å². The number of hydrogen-bond acceptors (Lipinski definition) is 6. The molecule has 1 heterocycles. The van der Waals surface area contributed by atoms with E-state index in [1.165, 1.54) is 5.56 Å². The molecule has 3 aromatic carbocycles. The third kappa shape index (κ3) is 10.5. The molecule has 2 N–H and O–H groups in total. The Morgan fingerprint density at radius 2 is 1.53 bits per heavy atom. The summed E-state index contributed by atoms with van der Waals surface area (Å²) in [6, 6.07) is 28.1. The lowest BCUT2D eigenvalue weighted by atomic mass is 9.72. The number of benzene rings is 3. The molecule has 0 fully saturated rings. The largest absolute Gasteiger partial charge is 0.487 e. The van der Waals surface area contributed by atoms with Gasteiger partial charge in [0.1, 0.15) is 18.6 Å². The van der Waals surface area contributed by atoms with E-state index in [9.17, 15) is 9.59 Å². The number of carboxylic acids is 1. The van der Waals surface area contributed by atoms with Crippen LogP contribution < -0.4 is 10.3 Å². The Kier molecular flexibility index (Phi) is 14.0. The van der Waals surface area contributed by atoms with Crippen LogP contribution in [0.25, 0.3) is 10.9 Å². The number of rotatable bonds is 20. The minimum atomic E-state index is -0.763. The second-order valence-electron chi connectivity index (χ2n) is 12.6. The number of fused-ring (bicyclic) bond motifs is 1. The molecule has 4 rings (SSSR count). The van der Waals surface area contributed by atoms with Crippen molar-refractivity contribution in [3.63, 3.8) is 0 Å². The summed E-state index contributed by atoms with van der Waals surface area (Å²) in [5.41, 5.74) is 3.46. The summed E-state index contributed by atoms with van der Waals surface area (Å²) >= 11 is 0. The number of aromatic amines is 1. The maximum Gasteiger partial charge on any atom is 0.303 e. The zero-order valence-electron chi connectivity index (χ0n) is 28.2. The van der Waals surface area contributed by atoms with Gasteiger partial charge in [-0.3, -0.25) is 14.5 Å². The van der Waals surface area contributed by atoms with E-state index in [0.29, 0.717) is 24.3 Å². The number of nitrogens with one attached hydrogen (secondary N) is 1. The van der Waals surface area contributed by atoms with Crippen LogP contribution in [-0.4, -0.2) is 59.9 Å². The molecule has 0 aliphatic heterocycles. The number of hydrogen-bond donors (Lipinski definition) is 2. The molecular formula is C37H50N2O6Si2. The summed E-state index contributed by atoms with van der Waals surface area (Å²) in [5.74, 6) is -0.153. The number of aliphatic carboxylic acids is 1. The highest BCUT2D eigenvalue weighted by molar-refractivity contribution is 6.26. The van der Waals surface area contributed by atoms with E-state index >= 15 is 0 Å². The lowest BCUT2D eigenvalue weighted by molar-refractivity contribution is -0.137. The fraction of sp³-hybridized carbons (Fsp3) is 0.405. The Labute approximate surface area is 283 Å². The fourth-order valence-corrected chi connectivity index (χ4v) is 8.06. The molecule has 252 valence electrons. The van der Waals surface area contributed by atoms with Gasteiger partial charge < -0.3 is 23.7 Å². The lowest BCUT2D eigenvalue weighted by Gasteiger charge is -2.43. The zero-order chi connectivity index (χ0) is 33.6. The number of pyridine rings is 1. The highest BCUT2D eigenvalue weighted by Gasteiger charge is 2.41. The van der Waals surface area contributed by atoms with Crippen molar-refractivity contribution in [1.82, 2.24) is 9.88 Å². The van der Waals surface area contributed by atoms with E-state index < -0.39 is 30.9 Å². The van der Waals surface area contributed by atoms with Gasteiger partial charge in [-0.25, -0.2) is 0 Å². The Morgan fingerprint density at radius 3 is 2.17 bits per heavy atom. The molecule has 1 aromatic heterocycles. The van der Waals surface area contributed by atoms with Crippen molar-refractivity contribution in [3.05, 3.63) is 112 Å². The van der Waals surface area contributed by atoms with Crippen LogP contribution in [0.4, 0.5) is 0 Å². The molecule has 8 nitrogen and oxygen atoms in total. The smallest absolute Gasteiger partial charge is 0.303 e. The number of ether oxygens (including phenoxy) is 1. The van der Waals surface area contributed by atoms with Gasteiger partial charge in [0.05, 0.1) is 5.52 Å². The maximum absolute atomic E-state index is 12.7. The van der Waals surface area contributed by atoms with E-state index in [1.54, 1.807) is 6.07 Å². The van der Waals surface area contributed by atoms with Crippen molar-refractivity contribution >= 4 is 36.4 Å². The molecule has 0 amide bonds. The monoisotopic (exact) mass is 674 g/mol. The summed E-state index contributed by atoms with van der Waals surface area (Å²) in [6.45, 7) is 11.4. The van der Waals surface area contributed by atoms with Crippen LogP contribution in [-0.2, 0) is 26.8 Å². The molecule has 0 aliphatic carbocycles. The maximum atomic E-state index is 12.7. The Balaban J connectivity index is 1.76. The fourth-order valence-electron chi connectivity index (χ4n) is 6.21. The van der Waals surface area contributed by atoms with Crippen LogP contribution in [0.1, 0.15) is 62.1 Å². The number of carboxylic acid groups (broad SMARTS) is 1. The Hall–Kier alpha value is -3.55. The van der Waals surface area contributed by atoms with Crippen molar-refractivity contribution < 1.29 is 23.5 Å². The number of aromatic nitrogens is 1. The topological polar surface area (TPSA) is 101 Å². The van der Waals surface area contributed by atoms with Gasteiger partial charge in [-0.2, -0.15) is 0 Å². The van der Waals surface area contributed by atoms with Crippen molar-refractivity contribution in [2.75, 3.05) is 13.1 Å². The molecule has 10 heteroatoms. The Morgan fingerprint density at radius 1 is 0.872 bits per heavy atom. The van der Waals surface area contributed by atoms with Gasteiger partial charge in [0.25, 0.3) is 0 Å². The molecule has 0 saturated heterocycles. The van der Waals surface area contributed by atoms with Crippen LogP contribution >= 0.6 is 0 Å². The third-order valence-corrected chi connectivity index (χ3v) is 9.97. The third-order valence-electron chi connectivity index (χ3n) is 8.70. The number of carbonyl (C=O) groups is 1. The Bertz CT molecular complexity index is 1590. The highest BCUT2D eigenvalue weighted by atomic mass is 28.2. The van der Waals surface area contributed by atoms with E-state index in [-0.39, 0.29) is 24.2 Å². The van der Waals surface area contributed by atoms with E-state index in [1.807, 2.05) is 48.5 Å². The molecule has 0 saturated carbocycles. The first-order valence-electron chi connectivity index (χ1n) is 16.8. The molecule has 47 heavy (non-hydrogen) atoms. The summed E-state index contributed by atoms with van der Waals surface area (Å²) in [5, 5.41) is 10.1. The highest BCUT2D eigenvalue weighted by Crippen LogP contribution is 2.44. The lowest BCUT2D eigenvalue weighted by Crippen LogP contribution is -2.45. The zero-order valence-corrected chi connectivity index (χ0v) is 31.1. The molecule has 0 radical (unpaired) electrons. The number of nitrogens with zero attached hydrogens (tertiary/aromatic N) is 1. The van der Waals surface area contributed by atoms with Gasteiger partial charge in [0.15, 0.2) is 19.5 Å². The van der Waals surface area contributed by atoms with Crippen LogP contribution in [0.15, 0.2) is 89.7 Å². The molecule has 0 unspecified atom stereocenters. The minimum absolute atomic E-state index is 0.0343. The molecule has 0 bridgehead atoms. The van der Waals surface area contributed by atoms with Gasteiger partial charge in [0, 0.05) is 42.3 Å². The number of H-pyrrole nitrogens is 1. The first kappa shape index (κ1) is 36.3. The summed E-state index contributed by atoms with van der Waals surface area (Å²) in [4.78, 5) is 29.4. The van der Waals surface area contributed by atoms with E-state index in [2.05, 4.69) is 67.2 Å². The average Bonchev–Trinajstić information content (AvgIpc) is 3.06. The summed E-state index contributed by atoms with van der Waals surface area (Å²) < 4.78 is 19.1. The van der Waals surface area contributed by atoms with E-state index in [0.717, 1.165) is 49.0 Å². The predicted molar refractivity (Wildman–Crippen MR) is 194 cm³/mol. The van der Waals surface area contributed by atoms with Gasteiger partial charge in [-0.05, 0) is 48.2 Å². The number of unbranched alkanes of at least 4 members (excludes halogenated alkanes) is 2. The van der Waals surface area contributed by atoms with Crippen LogP contribution in [0.3, 0.4) is 0 Å². The molecule has 0 aliphatic rings. The van der Waals surface area contributed by atoms with Crippen molar-refractivity contribution in [1.29, 1.82) is 0 Å². The van der Waals surface area contributed by atoms with Crippen LogP contribution in [0, 0.1) is 5.41 Å².